The van der Waals surface area contributed by atoms with Crippen LogP contribution in [0, 0.1) is 0 Å². The minimum Gasteiger partial charge on any atom is -0.423 e. The maximum atomic E-state index is 9.54. The summed E-state index contributed by atoms with van der Waals surface area (Å²) in [7, 11) is 0.636. The van der Waals surface area contributed by atoms with Crippen molar-refractivity contribution in [1.29, 1.82) is 0 Å². The second-order valence-corrected chi connectivity index (χ2v) is 3.00. The number of nitrogens with zero attached hydrogens (tertiary/aromatic N) is 1. The molecule has 72 valence electrons. The zero-order valence-corrected chi connectivity index (χ0v) is 7.80. The molecule has 1 heterocycles. The lowest BCUT2D eigenvalue weighted by atomic mass is 9.76. The lowest BCUT2D eigenvalue weighted by Gasteiger charge is -2.02. The van der Waals surface area contributed by atoms with Gasteiger partial charge in [-0.15, -0.1) is 0 Å². The molecule has 0 radical (unpaired) electrons. The van der Waals surface area contributed by atoms with E-state index in [2.05, 4.69) is 9.99 Å². The molecule has 14 heavy (non-hydrogen) atoms. The molecule has 0 unspecified atom stereocenters. The molecule has 0 atom stereocenters. The molecule has 1 aliphatic heterocycles. The Morgan fingerprint density at radius 2 is 2.50 bits per heavy atom. The summed E-state index contributed by atoms with van der Waals surface area (Å²) >= 11 is 0. The van der Waals surface area contributed by atoms with Crippen molar-refractivity contribution in [1.82, 2.24) is 0 Å². The van der Waals surface area contributed by atoms with Crippen molar-refractivity contribution in [3.63, 3.8) is 0 Å². The minimum atomic E-state index is -0.843. The average Bonchev–Trinajstić information content (AvgIpc) is 2.58. The molecule has 0 fully saturated rings. The van der Waals surface area contributed by atoms with E-state index in [0.29, 0.717) is 6.61 Å². The molecule has 1 aromatic carbocycles. The lowest BCUT2D eigenvalue weighted by molar-refractivity contribution is 0.215. The van der Waals surface area contributed by atoms with Crippen LogP contribution >= 0.6 is 0 Å². The first kappa shape index (κ1) is 9.24. The normalized spacial score (nSPS) is 14.9. The largest absolute Gasteiger partial charge is 0.492 e. The summed E-state index contributed by atoms with van der Waals surface area (Å²) in [6.07, 6.45) is 1.57. The van der Waals surface area contributed by atoms with Crippen LogP contribution in [0.15, 0.2) is 23.4 Å². The fourth-order valence-electron chi connectivity index (χ4n) is 1.53. The van der Waals surface area contributed by atoms with Crippen molar-refractivity contribution < 1.29 is 14.5 Å². The Morgan fingerprint density at radius 1 is 1.64 bits per heavy atom. The van der Waals surface area contributed by atoms with Crippen molar-refractivity contribution >= 4 is 18.8 Å². The van der Waals surface area contributed by atoms with Crippen molar-refractivity contribution in [3.05, 3.63) is 29.3 Å². The van der Waals surface area contributed by atoms with Gasteiger partial charge in [-0.2, -0.15) is 0 Å². The average molecular weight is 191 g/mol. The summed E-state index contributed by atoms with van der Waals surface area (Å²) in [5, 5.41) is 13.2. The second-order valence-electron chi connectivity index (χ2n) is 3.00. The smallest absolute Gasteiger partial charge is 0.423 e. The SMILES string of the molecule is CO/N=C/c1cccc2c1B(O)OC2. The van der Waals surface area contributed by atoms with Gasteiger partial charge in [0, 0.05) is 0 Å². The quantitative estimate of drug-likeness (QED) is 0.403. The van der Waals surface area contributed by atoms with Gasteiger partial charge in [-0.25, -0.2) is 0 Å². The molecule has 2 rings (SSSR count). The third-order valence-corrected chi connectivity index (χ3v) is 2.17. The van der Waals surface area contributed by atoms with Crippen molar-refractivity contribution in [2.45, 2.75) is 6.61 Å². The number of benzene rings is 1. The van der Waals surface area contributed by atoms with E-state index in [0.717, 1.165) is 16.6 Å². The molecule has 0 spiro atoms. The fraction of sp³-hybridized carbons (Fsp3) is 0.222. The number of hydrogen-bond acceptors (Lipinski definition) is 4. The minimum absolute atomic E-state index is 0.450. The van der Waals surface area contributed by atoms with E-state index in [1.54, 1.807) is 6.21 Å². The number of oxime groups is 1. The predicted molar refractivity (Wildman–Crippen MR) is 53.4 cm³/mol. The van der Waals surface area contributed by atoms with Gasteiger partial charge < -0.3 is 14.5 Å². The van der Waals surface area contributed by atoms with E-state index in [4.69, 9.17) is 4.65 Å². The molecular formula is C9H10BNO3. The molecule has 0 saturated heterocycles. The van der Waals surface area contributed by atoms with E-state index in [-0.39, 0.29) is 0 Å². The van der Waals surface area contributed by atoms with Gasteiger partial charge in [-0.1, -0.05) is 23.4 Å². The van der Waals surface area contributed by atoms with Gasteiger partial charge in [0.25, 0.3) is 0 Å². The van der Waals surface area contributed by atoms with E-state index in [9.17, 15) is 5.02 Å². The molecular weight excluding hydrogens is 181 g/mol. The molecule has 4 nitrogen and oxygen atoms in total. The van der Waals surface area contributed by atoms with Gasteiger partial charge in [0.2, 0.25) is 0 Å². The summed E-state index contributed by atoms with van der Waals surface area (Å²) in [4.78, 5) is 4.59. The van der Waals surface area contributed by atoms with Gasteiger partial charge in [0.05, 0.1) is 12.8 Å². The summed E-state index contributed by atoms with van der Waals surface area (Å²) in [6.45, 7) is 0.450. The predicted octanol–water partition coefficient (Wildman–Crippen LogP) is -0.115. The molecule has 0 aromatic heterocycles. The van der Waals surface area contributed by atoms with Crippen LogP contribution in [0.25, 0.3) is 0 Å². The highest BCUT2D eigenvalue weighted by molar-refractivity contribution is 6.63. The third kappa shape index (κ3) is 1.52. The summed E-state index contributed by atoms with van der Waals surface area (Å²) < 4.78 is 5.10. The fourth-order valence-corrected chi connectivity index (χ4v) is 1.53. The van der Waals surface area contributed by atoms with Gasteiger partial charge >= 0.3 is 7.12 Å². The Bertz CT molecular complexity index is 367. The maximum absolute atomic E-state index is 9.54. The van der Waals surface area contributed by atoms with E-state index in [1.165, 1.54) is 7.11 Å². The number of rotatable bonds is 2. The van der Waals surface area contributed by atoms with Crippen molar-refractivity contribution in [3.8, 4) is 0 Å². The monoisotopic (exact) mass is 191 g/mol. The highest BCUT2D eigenvalue weighted by Crippen LogP contribution is 2.11. The zero-order valence-electron chi connectivity index (χ0n) is 7.80. The molecule has 1 aliphatic rings. The van der Waals surface area contributed by atoms with Crippen LogP contribution in [0.5, 0.6) is 0 Å². The molecule has 0 amide bonds. The second kappa shape index (κ2) is 3.81. The van der Waals surface area contributed by atoms with Crippen LogP contribution in [-0.4, -0.2) is 25.5 Å². The Balaban J connectivity index is 2.41. The van der Waals surface area contributed by atoms with Crippen LogP contribution in [-0.2, 0) is 16.1 Å². The van der Waals surface area contributed by atoms with E-state index < -0.39 is 7.12 Å². The van der Waals surface area contributed by atoms with E-state index >= 15 is 0 Å². The first-order chi connectivity index (χ1) is 6.83. The van der Waals surface area contributed by atoms with Gasteiger partial charge in [0.1, 0.15) is 7.11 Å². The topological polar surface area (TPSA) is 51.0 Å². The van der Waals surface area contributed by atoms with Crippen LogP contribution in [0.4, 0.5) is 0 Å². The Hall–Kier alpha value is -1.33. The maximum Gasteiger partial charge on any atom is 0.492 e. The van der Waals surface area contributed by atoms with E-state index in [1.807, 2.05) is 18.2 Å². The first-order valence-corrected chi connectivity index (χ1v) is 4.31. The molecule has 5 heteroatoms. The summed E-state index contributed by atoms with van der Waals surface area (Å²) in [5.74, 6) is 0. The van der Waals surface area contributed by atoms with Gasteiger partial charge in [0.15, 0.2) is 0 Å². The standard InChI is InChI=1S/C9H10BNO3/c1-13-11-5-7-3-2-4-8-6-14-10(12)9(7)8/h2-5,12H,6H2,1H3/b11-5+. The Morgan fingerprint density at radius 3 is 3.29 bits per heavy atom. The molecule has 0 bridgehead atoms. The highest BCUT2D eigenvalue weighted by atomic mass is 16.6. The summed E-state index contributed by atoms with van der Waals surface area (Å²) in [6, 6.07) is 5.69. The molecule has 1 N–H and O–H groups in total. The summed E-state index contributed by atoms with van der Waals surface area (Å²) in [5.41, 5.74) is 2.61. The van der Waals surface area contributed by atoms with Crippen LogP contribution in [0.3, 0.4) is 0 Å². The van der Waals surface area contributed by atoms with Gasteiger partial charge in [-0.05, 0) is 16.6 Å². The van der Waals surface area contributed by atoms with Crippen LogP contribution in [0.2, 0.25) is 0 Å². The highest BCUT2D eigenvalue weighted by Gasteiger charge is 2.29. The first-order valence-electron chi connectivity index (χ1n) is 4.31. The van der Waals surface area contributed by atoms with Crippen LogP contribution < -0.4 is 5.46 Å². The Labute approximate surface area is 82.3 Å². The number of hydrogen-bond donors (Lipinski definition) is 1. The van der Waals surface area contributed by atoms with Crippen molar-refractivity contribution in [2.24, 2.45) is 5.16 Å². The van der Waals surface area contributed by atoms with Crippen molar-refractivity contribution in [2.75, 3.05) is 7.11 Å². The van der Waals surface area contributed by atoms with Gasteiger partial charge in [-0.3, -0.25) is 0 Å². The Kier molecular flexibility index (Phi) is 2.52. The molecule has 1 aromatic rings. The molecule has 0 saturated carbocycles. The third-order valence-electron chi connectivity index (χ3n) is 2.17. The lowest BCUT2D eigenvalue weighted by Crippen LogP contribution is -2.31. The number of fused-ring (bicyclic) bond motifs is 1. The van der Waals surface area contributed by atoms with Crippen LogP contribution in [0.1, 0.15) is 11.1 Å². The molecule has 0 aliphatic carbocycles. The zero-order chi connectivity index (χ0) is 9.97.